The molecule has 11 nitrogen and oxygen atoms in total. The highest BCUT2D eigenvalue weighted by molar-refractivity contribution is 5.95. The third-order valence-corrected chi connectivity index (χ3v) is 6.77. The van der Waals surface area contributed by atoms with Gasteiger partial charge in [-0.25, -0.2) is 14.4 Å². The Morgan fingerprint density at radius 1 is 1.08 bits per heavy atom. The predicted molar refractivity (Wildman–Crippen MR) is 143 cm³/mol. The lowest BCUT2D eigenvalue weighted by atomic mass is 9.93. The molecule has 2 heterocycles. The summed E-state index contributed by atoms with van der Waals surface area (Å²) in [7, 11) is 3.07. The molecule has 0 bridgehead atoms. The Balaban J connectivity index is 2.00. The van der Waals surface area contributed by atoms with Gasteiger partial charge in [0.15, 0.2) is 11.5 Å². The van der Waals surface area contributed by atoms with E-state index in [0.717, 1.165) is 19.4 Å². The molecule has 0 spiro atoms. The van der Waals surface area contributed by atoms with Crippen LogP contribution in [0.1, 0.15) is 45.2 Å². The molecule has 2 aliphatic heterocycles. The number of likely N-dealkylation sites (N-methyl/N-ethyl adjacent to an activating group) is 1. The summed E-state index contributed by atoms with van der Waals surface area (Å²) in [4.78, 5) is 44.9. The van der Waals surface area contributed by atoms with Crippen LogP contribution in [-0.4, -0.2) is 99.4 Å². The summed E-state index contributed by atoms with van der Waals surface area (Å²) >= 11 is 0. The molecule has 210 valence electrons. The topological polar surface area (TPSA) is 113 Å². The Hall–Kier alpha value is -3.47. The number of nitrogens with one attached hydrogen (secondary N) is 2. The minimum absolute atomic E-state index is 0.0578. The van der Waals surface area contributed by atoms with Gasteiger partial charge in [-0.05, 0) is 32.8 Å². The lowest BCUT2D eigenvalue weighted by Gasteiger charge is -2.38. The highest BCUT2D eigenvalue weighted by atomic mass is 16.5. The van der Waals surface area contributed by atoms with Gasteiger partial charge < -0.3 is 29.7 Å². The van der Waals surface area contributed by atoms with Crippen LogP contribution in [0, 0.1) is 0 Å². The van der Waals surface area contributed by atoms with Gasteiger partial charge in [0, 0.05) is 57.1 Å². The Bertz CT molecular complexity index is 1030. The fourth-order valence-corrected chi connectivity index (χ4v) is 4.92. The first-order valence-corrected chi connectivity index (χ1v) is 13.3. The monoisotopic (exact) mass is 531 g/mol. The van der Waals surface area contributed by atoms with E-state index < -0.39 is 12.0 Å². The first kappa shape index (κ1) is 29.1. The van der Waals surface area contributed by atoms with Crippen molar-refractivity contribution >= 4 is 18.0 Å². The Kier molecular flexibility index (Phi) is 10.6. The molecular formula is C27H41N5O6. The van der Waals surface area contributed by atoms with E-state index in [1.165, 1.54) is 7.11 Å². The van der Waals surface area contributed by atoms with Crippen LogP contribution in [0.2, 0.25) is 0 Å². The van der Waals surface area contributed by atoms with Crippen LogP contribution in [0.15, 0.2) is 29.5 Å². The number of nitrogens with zero attached hydrogens (tertiary/aromatic N) is 3. The second kappa shape index (κ2) is 13.9. The molecule has 1 unspecified atom stereocenters. The number of methoxy groups -OCH3 is 2. The molecule has 4 amide bonds. The molecule has 11 heteroatoms. The van der Waals surface area contributed by atoms with Crippen LogP contribution in [0.25, 0.3) is 0 Å². The third-order valence-electron chi connectivity index (χ3n) is 6.77. The van der Waals surface area contributed by atoms with Gasteiger partial charge in [0.2, 0.25) is 0 Å². The number of hydrogen-bond acceptors (Lipinski definition) is 7. The number of ether oxygens (including phenoxy) is 3. The number of carbonyl (C=O) groups excluding carboxylic acids is 3. The zero-order chi connectivity index (χ0) is 27.7. The lowest BCUT2D eigenvalue weighted by Crippen LogP contribution is -2.51. The highest BCUT2D eigenvalue weighted by Crippen LogP contribution is 2.40. The SMILES string of the molecule is CCCNC(=O)N1CCCN(CC2=C(C(=O)OCC)C(c3cccc(OC)c3OC)NC(=O)N2CC)CC1. The smallest absolute Gasteiger partial charge is 0.338 e. The van der Waals surface area contributed by atoms with Crippen molar-refractivity contribution in [2.24, 2.45) is 0 Å². The lowest BCUT2D eigenvalue weighted by molar-refractivity contribution is -0.139. The second-order valence-corrected chi connectivity index (χ2v) is 9.14. The maximum Gasteiger partial charge on any atom is 0.338 e. The molecule has 3 rings (SSSR count). The molecule has 2 aliphatic rings. The van der Waals surface area contributed by atoms with Crippen molar-refractivity contribution in [3.63, 3.8) is 0 Å². The van der Waals surface area contributed by atoms with Crippen molar-refractivity contribution in [1.29, 1.82) is 0 Å². The number of rotatable bonds is 10. The summed E-state index contributed by atoms with van der Waals surface area (Å²) in [6, 6.07) is 4.22. The minimum atomic E-state index is -0.785. The van der Waals surface area contributed by atoms with Gasteiger partial charge in [-0.1, -0.05) is 19.1 Å². The highest BCUT2D eigenvalue weighted by Gasteiger charge is 2.40. The van der Waals surface area contributed by atoms with E-state index in [9.17, 15) is 14.4 Å². The summed E-state index contributed by atoms with van der Waals surface area (Å²) in [5.74, 6) is 0.442. The Labute approximate surface area is 225 Å². The molecule has 0 saturated carbocycles. The molecule has 1 fully saturated rings. The maximum atomic E-state index is 13.5. The fraction of sp³-hybridized carbons (Fsp3) is 0.593. The largest absolute Gasteiger partial charge is 0.493 e. The van der Waals surface area contributed by atoms with Crippen molar-refractivity contribution in [2.75, 3.05) is 66.6 Å². The first-order chi connectivity index (χ1) is 18.4. The summed E-state index contributed by atoms with van der Waals surface area (Å²) in [5.41, 5.74) is 1.56. The minimum Gasteiger partial charge on any atom is -0.493 e. The standard InChI is InChI=1S/C27H41N5O6/c1-6-13-28-26(34)31-15-10-14-30(16-17-31)18-20-22(25(33)38-8-3)23(29-27(35)32(20)7-2)19-11-9-12-21(36-4)24(19)37-5/h9,11-12,23H,6-8,10,13-18H2,1-5H3,(H,28,34)(H,29,35). The van der Waals surface area contributed by atoms with Crippen molar-refractivity contribution < 1.29 is 28.6 Å². The maximum absolute atomic E-state index is 13.5. The van der Waals surface area contributed by atoms with E-state index in [1.807, 2.05) is 24.8 Å². The van der Waals surface area contributed by atoms with Crippen LogP contribution < -0.4 is 20.1 Å². The van der Waals surface area contributed by atoms with Crippen molar-refractivity contribution in [1.82, 2.24) is 25.3 Å². The van der Waals surface area contributed by atoms with Crippen LogP contribution >= 0.6 is 0 Å². The quantitative estimate of drug-likeness (QED) is 0.447. The molecule has 2 N–H and O–H groups in total. The molecule has 1 aromatic carbocycles. The van der Waals surface area contributed by atoms with E-state index in [2.05, 4.69) is 15.5 Å². The molecule has 0 radical (unpaired) electrons. The molecule has 38 heavy (non-hydrogen) atoms. The number of amides is 4. The normalized spacial score (nSPS) is 18.6. The van der Waals surface area contributed by atoms with E-state index in [0.29, 0.717) is 67.6 Å². The summed E-state index contributed by atoms with van der Waals surface area (Å²) in [6.07, 6.45) is 1.66. The average Bonchev–Trinajstić information content (AvgIpc) is 3.16. The van der Waals surface area contributed by atoms with E-state index in [4.69, 9.17) is 14.2 Å². The van der Waals surface area contributed by atoms with Crippen LogP contribution in [0.5, 0.6) is 11.5 Å². The number of esters is 1. The molecule has 0 aromatic heterocycles. The zero-order valence-electron chi connectivity index (χ0n) is 23.2. The third kappa shape index (κ3) is 6.50. The summed E-state index contributed by atoms with van der Waals surface area (Å²) in [5, 5.41) is 5.93. The van der Waals surface area contributed by atoms with Crippen molar-refractivity contribution in [3.8, 4) is 11.5 Å². The molecular weight excluding hydrogens is 490 g/mol. The number of hydrogen-bond donors (Lipinski definition) is 2. The molecule has 0 aliphatic carbocycles. The number of carbonyl (C=O) groups is 3. The fourth-order valence-electron chi connectivity index (χ4n) is 4.92. The van der Waals surface area contributed by atoms with Gasteiger partial charge in [-0.2, -0.15) is 0 Å². The Morgan fingerprint density at radius 3 is 2.53 bits per heavy atom. The van der Waals surface area contributed by atoms with E-state index in [1.54, 1.807) is 31.1 Å². The van der Waals surface area contributed by atoms with Gasteiger partial charge in [0.25, 0.3) is 0 Å². The van der Waals surface area contributed by atoms with Crippen molar-refractivity contribution in [3.05, 3.63) is 35.0 Å². The molecule has 1 aromatic rings. The summed E-state index contributed by atoms with van der Waals surface area (Å²) in [6.45, 7) is 9.78. The molecule has 1 saturated heterocycles. The van der Waals surface area contributed by atoms with Crippen LogP contribution in [-0.2, 0) is 9.53 Å². The molecule has 1 atom stereocenters. The van der Waals surface area contributed by atoms with Gasteiger partial charge in [-0.3, -0.25) is 9.80 Å². The number of benzene rings is 1. The number of para-hydroxylation sites is 1. The predicted octanol–water partition coefficient (Wildman–Crippen LogP) is 2.73. The summed E-state index contributed by atoms with van der Waals surface area (Å²) < 4.78 is 16.6. The Morgan fingerprint density at radius 2 is 1.87 bits per heavy atom. The van der Waals surface area contributed by atoms with E-state index in [-0.39, 0.29) is 18.7 Å². The van der Waals surface area contributed by atoms with Crippen molar-refractivity contribution in [2.45, 2.75) is 39.7 Å². The van der Waals surface area contributed by atoms with Gasteiger partial charge >= 0.3 is 18.0 Å². The second-order valence-electron chi connectivity index (χ2n) is 9.14. The van der Waals surface area contributed by atoms with Crippen LogP contribution in [0.3, 0.4) is 0 Å². The average molecular weight is 532 g/mol. The van der Waals surface area contributed by atoms with E-state index >= 15 is 0 Å². The van der Waals surface area contributed by atoms with Crippen LogP contribution in [0.4, 0.5) is 9.59 Å². The number of urea groups is 2. The van der Waals surface area contributed by atoms with Gasteiger partial charge in [0.05, 0.1) is 32.4 Å². The van der Waals surface area contributed by atoms with Gasteiger partial charge in [0.1, 0.15) is 0 Å². The first-order valence-electron chi connectivity index (χ1n) is 13.3. The van der Waals surface area contributed by atoms with Gasteiger partial charge in [-0.15, -0.1) is 0 Å². The zero-order valence-corrected chi connectivity index (χ0v) is 23.2.